The average Bonchev–Trinajstić information content (AvgIpc) is 2.30. The van der Waals surface area contributed by atoms with Gasteiger partial charge in [-0.2, -0.15) is 0 Å². The first-order valence-electron chi connectivity index (χ1n) is 5.22. The van der Waals surface area contributed by atoms with Crippen LogP contribution in [0.5, 0.6) is 0 Å². The van der Waals surface area contributed by atoms with Crippen molar-refractivity contribution in [3.8, 4) is 0 Å². The van der Waals surface area contributed by atoms with Crippen molar-refractivity contribution in [3.63, 3.8) is 0 Å². The number of rotatable bonds is 3. The number of carbonyl (C=O) groups is 1. The van der Waals surface area contributed by atoms with Gasteiger partial charge in [0.2, 0.25) is 0 Å². The summed E-state index contributed by atoms with van der Waals surface area (Å²) >= 11 is 0. The van der Waals surface area contributed by atoms with Crippen LogP contribution in [0.3, 0.4) is 0 Å². The molecule has 0 amide bonds. The molecule has 1 fully saturated rings. The molecule has 1 aliphatic carbocycles. The number of aliphatic carboxylic acids is 1. The van der Waals surface area contributed by atoms with Crippen LogP contribution in [0.25, 0.3) is 0 Å². The molecular weight excluding hydrogens is 166 g/mol. The van der Waals surface area contributed by atoms with Crippen molar-refractivity contribution in [1.82, 2.24) is 5.32 Å². The number of carboxylic acids is 1. The summed E-state index contributed by atoms with van der Waals surface area (Å²) in [4.78, 5) is 11.0. The van der Waals surface area contributed by atoms with Crippen LogP contribution in [0.1, 0.15) is 39.0 Å². The average molecular weight is 185 g/mol. The fourth-order valence-corrected chi connectivity index (χ4v) is 2.11. The van der Waals surface area contributed by atoms with Gasteiger partial charge in [-0.1, -0.05) is 26.2 Å². The first-order valence-corrected chi connectivity index (χ1v) is 5.22. The van der Waals surface area contributed by atoms with E-state index in [2.05, 4.69) is 5.32 Å². The minimum atomic E-state index is -0.632. The van der Waals surface area contributed by atoms with Crippen molar-refractivity contribution in [3.05, 3.63) is 0 Å². The monoisotopic (exact) mass is 185 g/mol. The summed E-state index contributed by atoms with van der Waals surface area (Å²) in [7, 11) is 0. The molecule has 0 bridgehead atoms. The Bertz CT molecular complexity index is 170. The van der Waals surface area contributed by atoms with Gasteiger partial charge in [-0.15, -0.1) is 0 Å². The van der Waals surface area contributed by atoms with E-state index in [0.717, 1.165) is 25.8 Å². The molecule has 3 nitrogen and oxygen atoms in total. The topological polar surface area (TPSA) is 49.3 Å². The maximum absolute atomic E-state index is 11.0. The second-order valence-electron chi connectivity index (χ2n) is 3.75. The van der Waals surface area contributed by atoms with Gasteiger partial charge in [0.05, 0.1) is 5.92 Å². The van der Waals surface area contributed by atoms with Crippen LogP contribution in [0.2, 0.25) is 0 Å². The largest absolute Gasteiger partial charge is 0.481 e. The van der Waals surface area contributed by atoms with E-state index in [1.807, 2.05) is 6.92 Å². The number of carboxylic acid groups (broad SMARTS) is 1. The van der Waals surface area contributed by atoms with E-state index in [0.29, 0.717) is 0 Å². The van der Waals surface area contributed by atoms with E-state index in [1.165, 1.54) is 12.8 Å². The highest BCUT2D eigenvalue weighted by Gasteiger charge is 2.28. The van der Waals surface area contributed by atoms with Gasteiger partial charge < -0.3 is 10.4 Å². The van der Waals surface area contributed by atoms with E-state index in [9.17, 15) is 4.79 Å². The molecule has 76 valence electrons. The van der Waals surface area contributed by atoms with E-state index in [1.54, 1.807) is 0 Å². The zero-order chi connectivity index (χ0) is 9.68. The highest BCUT2D eigenvalue weighted by Crippen LogP contribution is 2.23. The molecule has 0 aliphatic heterocycles. The normalized spacial score (nSPS) is 29.6. The van der Waals surface area contributed by atoms with Gasteiger partial charge in [0.15, 0.2) is 0 Å². The maximum atomic E-state index is 11.0. The fraction of sp³-hybridized carbons (Fsp3) is 0.900. The lowest BCUT2D eigenvalue weighted by Gasteiger charge is -2.21. The van der Waals surface area contributed by atoms with Crippen LogP contribution in [0.4, 0.5) is 0 Å². The minimum absolute atomic E-state index is 0.164. The molecule has 0 aromatic carbocycles. The van der Waals surface area contributed by atoms with Crippen LogP contribution in [0, 0.1) is 5.92 Å². The third kappa shape index (κ3) is 2.99. The molecular formula is C10H19NO2. The number of nitrogens with one attached hydrogen (secondary N) is 1. The van der Waals surface area contributed by atoms with Crippen molar-refractivity contribution < 1.29 is 9.90 Å². The van der Waals surface area contributed by atoms with Gasteiger partial charge in [-0.3, -0.25) is 4.79 Å². The predicted molar refractivity (Wildman–Crippen MR) is 51.7 cm³/mol. The van der Waals surface area contributed by atoms with Crippen LogP contribution >= 0.6 is 0 Å². The molecule has 2 atom stereocenters. The Kier molecular flexibility index (Phi) is 4.22. The SMILES string of the molecule is CCNC1CCCCCC1C(=O)O. The molecule has 0 heterocycles. The molecule has 2 unspecified atom stereocenters. The molecule has 0 saturated heterocycles. The van der Waals surface area contributed by atoms with Gasteiger partial charge in [0.25, 0.3) is 0 Å². The Hall–Kier alpha value is -0.570. The Labute approximate surface area is 79.5 Å². The maximum Gasteiger partial charge on any atom is 0.308 e. The summed E-state index contributed by atoms with van der Waals surface area (Å²) in [5, 5.41) is 12.3. The molecule has 0 radical (unpaired) electrons. The van der Waals surface area contributed by atoms with Crippen molar-refractivity contribution in [2.45, 2.75) is 45.1 Å². The Balaban J connectivity index is 2.55. The molecule has 1 aliphatic rings. The molecule has 0 aromatic heterocycles. The minimum Gasteiger partial charge on any atom is -0.481 e. The lowest BCUT2D eigenvalue weighted by atomic mass is 9.95. The van der Waals surface area contributed by atoms with Crippen LogP contribution in [0.15, 0.2) is 0 Å². The van der Waals surface area contributed by atoms with Crippen molar-refractivity contribution in [1.29, 1.82) is 0 Å². The molecule has 0 aromatic rings. The van der Waals surface area contributed by atoms with Crippen LogP contribution in [-0.4, -0.2) is 23.7 Å². The quantitative estimate of drug-likeness (QED) is 0.657. The molecule has 0 spiro atoms. The van der Waals surface area contributed by atoms with Crippen molar-refractivity contribution in [2.24, 2.45) is 5.92 Å². The summed E-state index contributed by atoms with van der Waals surface area (Å²) in [6, 6.07) is 0.199. The summed E-state index contributed by atoms with van der Waals surface area (Å²) in [5.74, 6) is -0.796. The Morgan fingerprint density at radius 3 is 2.69 bits per heavy atom. The third-order valence-corrected chi connectivity index (χ3v) is 2.80. The summed E-state index contributed by atoms with van der Waals surface area (Å²) < 4.78 is 0. The highest BCUT2D eigenvalue weighted by molar-refractivity contribution is 5.70. The van der Waals surface area contributed by atoms with E-state index in [-0.39, 0.29) is 12.0 Å². The van der Waals surface area contributed by atoms with Crippen molar-refractivity contribution in [2.75, 3.05) is 6.54 Å². The summed E-state index contributed by atoms with van der Waals surface area (Å²) in [5.41, 5.74) is 0. The van der Waals surface area contributed by atoms with Gasteiger partial charge >= 0.3 is 5.97 Å². The highest BCUT2D eigenvalue weighted by atomic mass is 16.4. The van der Waals surface area contributed by atoms with Gasteiger partial charge in [0, 0.05) is 6.04 Å². The predicted octanol–water partition coefficient (Wildman–Crippen LogP) is 1.63. The van der Waals surface area contributed by atoms with Gasteiger partial charge in [-0.05, 0) is 19.4 Å². The first-order chi connectivity index (χ1) is 6.25. The second-order valence-corrected chi connectivity index (χ2v) is 3.75. The Morgan fingerprint density at radius 2 is 2.08 bits per heavy atom. The fourth-order valence-electron chi connectivity index (χ4n) is 2.11. The molecule has 1 rings (SSSR count). The number of hydrogen-bond acceptors (Lipinski definition) is 2. The zero-order valence-electron chi connectivity index (χ0n) is 8.25. The summed E-state index contributed by atoms with van der Waals surface area (Å²) in [6.07, 6.45) is 5.28. The second kappa shape index (κ2) is 5.22. The van der Waals surface area contributed by atoms with E-state index < -0.39 is 5.97 Å². The molecule has 1 saturated carbocycles. The Morgan fingerprint density at radius 1 is 1.38 bits per heavy atom. The van der Waals surface area contributed by atoms with Crippen LogP contribution in [-0.2, 0) is 4.79 Å². The molecule has 2 N–H and O–H groups in total. The smallest absolute Gasteiger partial charge is 0.308 e. The third-order valence-electron chi connectivity index (χ3n) is 2.80. The lowest BCUT2D eigenvalue weighted by molar-refractivity contribution is -0.143. The van der Waals surface area contributed by atoms with Crippen molar-refractivity contribution >= 4 is 5.97 Å². The molecule has 13 heavy (non-hydrogen) atoms. The standard InChI is InChI=1S/C10H19NO2/c1-2-11-9-7-5-3-4-6-8(9)10(12)13/h8-9,11H,2-7H2,1H3,(H,12,13). The van der Waals surface area contributed by atoms with Gasteiger partial charge in [-0.25, -0.2) is 0 Å². The van der Waals surface area contributed by atoms with Gasteiger partial charge in [0.1, 0.15) is 0 Å². The molecule has 3 heteroatoms. The van der Waals surface area contributed by atoms with E-state index in [4.69, 9.17) is 5.11 Å². The first kappa shape index (κ1) is 10.5. The lowest BCUT2D eigenvalue weighted by Crippen LogP contribution is -2.39. The van der Waals surface area contributed by atoms with Crippen LogP contribution < -0.4 is 5.32 Å². The summed E-state index contributed by atoms with van der Waals surface area (Å²) in [6.45, 7) is 2.90. The zero-order valence-corrected chi connectivity index (χ0v) is 8.25. The van der Waals surface area contributed by atoms with E-state index >= 15 is 0 Å². The number of hydrogen-bond donors (Lipinski definition) is 2.